The fourth-order valence-electron chi connectivity index (χ4n) is 5.02. The molecule has 0 saturated carbocycles. The van der Waals surface area contributed by atoms with Crippen LogP contribution in [0.2, 0.25) is 0 Å². The van der Waals surface area contributed by atoms with Crippen molar-refractivity contribution < 1.29 is 13.2 Å². The van der Waals surface area contributed by atoms with Crippen LogP contribution in [0.25, 0.3) is 10.2 Å². The van der Waals surface area contributed by atoms with E-state index in [0.29, 0.717) is 42.8 Å². The molecular weight excluding hydrogens is 567 g/mol. The van der Waals surface area contributed by atoms with Crippen LogP contribution >= 0.6 is 11.3 Å². The number of anilines is 1. The highest BCUT2D eigenvalue weighted by Gasteiger charge is 2.26. The number of aromatic nitrogens is 3. The summed E-state index contributed by atoms with van der Waals surface area (Å²) in [4.78, 5) is 20.9. The van der Waals surface area contributed by atoms with Gasteiger partial charge in [-0.05, 0) is 74.6 Å². The molecule has 2 aromatic carbocycles. The average molecular weight is 610 g/mol. The number of amides is 1. The molecule has 0 unspecified atom stereocenters. The lowest BCUT2D eigenvalue weighted by Crippen LogP contribution is -2.34. The first kappa shape index (κ1) is 31.8. The average Bonchev–Trinajstić information content (AvgIpc) is 3.54. The van der Waals surface area contributed by atoms with Gasteiger partial charge in [-0.2, -0.15) is 9.40 Å². The van der Waals surface area contributed by atoms with E-state index in [0.717, 1.165) is 52.9 Å². The molecule has 0 aliphatic carbocycles. The molecule has 0 atom stereocenters. The van der Waals surface area contributed by atoms with Crippen molar-refractivity contribution in [2.75, 3.05) is 24.5 Å². The largest absolute Gasteiger partial charge is 0.282 e. The first-order chi connectivity index (χ1) is 20.1. The topological polar surface area (TPSA) is 88.4 Å². The molecule has 4 rings (SSSR count). The lowest BCUT2D eigenvalue weighted by atomic mass is 10.0. The third-order valence-electron chi connectivity index (χ3n) is 7.44. The van der Waals surface area contributed by atoms with Gasteiger partial charge in [0.2, 0.25) is 10.0 Å². The number of nitrogens with zero attached hydrogens (tertiary/aromatic N) is 5. The molecule has 42 heavy (non-hydrogen) atoms. The Morgan fingerprint density at radius 1 is 0.976 bits per heavy atom. The maximum Gasteiger partial charge on any atom is 0.260 e. The Kier molecular flexibility index (Phi) is 10.6. The predicted octanol–water partition coefficient (Wildman–Crippen LogP) is 7.17. The second-order valence-electron chi connectivity index (χ2n) is 11.1. The molecule has 0 aliphatic rings. The Labute approximate surface area is 254 Å². The molecule has 0 radical (unpaired) electrons. The van der Waals surface area contributed by atoms with Crippen LogP contribution in [-0.4, -0.2) is 53.0 Å². The van der Waals surface area contributed by atoms with E-state index in [2.05, 4.69) is 38.9 Å². The number of carbonyl (C=O) groups is 1. The van der Waals surface area contributed by atoms with Gasteiger partial charge < -0.3 is 0 Å². The van der Waals surface area contributed by atoms with E-state index in [4.69, 9.17) is 4.98 Å². The summed E-state index contributed by atoms with van der Waals surface area (Å²) < 4.78 is 31.5. The van der Waals surface area contributed by atoms with Gasteiger partial charge in [-0.1, -0.05) is 64.0 Å². The minimum Gasteiger partial charge on any atom is -0.282 e. The molecule has 4 aromatic rings. The highest BCUT2D eigenvalue weighted by Crippen LogP contribution is 2.34. The van der Waals surface area contributed by atoms with Crippen molar-refractivity contribution in [3.63, 3.8) is 0 Å². The van der Waals surface area contributed by atoms with Gasteiger partial charge in [0.05, 0.1) is 27.4 Å². The Morgan fingerprint density at radius 3 is 2.21 bits per heavy atom. The molecule has 2 heterocycles. The van der Waals surface area contributed by atoms with Crippen molar-refractivity contribution >= 4 is 42.6 Å². The molecule has 10 heteroatoms. The quantitative estimate of drug-likeness (QED) is 0.151. The molecule has 0 aliphatic heterocycles. The van der Waals surface area contributed by atoms with Gasteiger partial charge in [-0.3, -0.25) is 14.4 Å². The molecule has 1 amide bonds. The summed E-state index contributed by atoms with van der Waals surface area (Å²) in [6, 6.07) is 14.5. The molecule has 0 N–H and O–H groups in total. The van der Waals surface area contributed by atoms with E-state index in [9.17, 15) is 13.2 Å². The maximum absolute atomic E-state index is 14.0. The number of aryl methyl sites for hydroxylation is 2. The summed E-state index contributed by atoms with van der Waals surface area (Å²) in [6.07, 6.45) is 3.46. The number of thiazole rings is 1. The first-order valence-electron chi connectivity index (χ1n) is 14.9. The van der Waals surface area contributed by atoms with Crippen molar-refractivity contribution in [2.24, 2.45) is 0 Å². The molecule has 8 nitrogen and oxygen atoms in total. The van der Waals surface area contributed by atoms with E-state index in [1.807, 2.05) is 36.7 Å². The number of para-hydroxylation sites is 1. The Hall–Kier alpha value is -3.08. The minimum absolute atomic E-state index is 0.210. The summed E-state index contributed by atoms with van der Waals surface area (Å²) in [5.74, 6) is 0.0747. The number of unbranched alkanes of at least 4 members (excludes halogenated alkanes) is 2. The van der Waals surface area contributed by atoms with Gasteiger partial charge in [0.25, 0.3) is 5.91 Å². The van der Waals surface area contributed by atoms with Gasteiger partial charge in [0.1, 0.15) is 0 Å². The Balaban J connectivity index is 1.67. The molecule has 226 valence electrons. The molecule has 2 aromatic heterocycles. The number of hydrogen-bond donors (Lipinski definition) is 0. The Morgan fingerprint density at radius 2 is 1.64 bits per heavy atom. The standard InChI is InChI=1S/C32H43N5O3S2/c1-7-9-18-35(19-10-8-2)42(39,40)27-16-14-26(15-17-27)31(38)36(20-21-37-25(6)22-24(5)34-37)32-33-30-28(23(3)4)12-11-13-29(30)41-32/h11-17,22-23H,7-10,18-21H2,1-6H3. The fourth-order valence-corrected chi connectivity index (χ4v) is 7.56. The lowest BCUT2D eigenvalue weighted by molar-refractivity contribution is 0.0985. The SMILES string of the molecule is CCCCN(CCCC)S(=O)(=O)c1ccc(C(=O)N(CCn2nc(C)cc2C)c2nc3c(C(C)C)cccc3s2)cc1. The predicted molar refractivity (Wildman–Crippen MR) is 172 cm³/mol. The van der Waals surface area contributed by atoms with Crippen LogP contribution in [0.3, 0.4) is 0 Å². The Bertz CT molecular complexity index is 1600. The highest BCUT2D eigenvalue weighted by atomic mass is 32.2. The molecule has 0 fully saturated rings. The van der Waals surface area contributed by atoms with Gasteiger partial charge in [-0.15, -0.1) is 0 Å². The van der Waals surface area contributed by atoms with E-state index < -0.39 is 10.0 Å². The smallest absolute Gasteiger partial charge is 0.260 e. The summed E-state index contributed by atoms with van der Waals surface area (Å²) in [5, 5.41) is 5.19. The van der Waals surface area contributed by atoms with E-state index in [-0.39, 0.29) is 10.8 Å². The number of carbonyl (C=O) groups excluding carboxylic acids is 1. The summed E-state index contributed by atoms with van der Waals surface area (Å²) in [5.41, 5.74) is 4.43. The lowest BCUT2D eigenvalue weighted by Gasteiger charge is -2.23. The second kappa shape index (κ2) is 13.9. The van der Waals surface area contributed by atoms with Crippen LogP contribution in [0.15, 0.2) is 53.4 Å². The third kappa shape index (κ3) is 7.10. The summed E-state index contributed by atoms with van der Waals surface area (Å²) in [7, 11) is -3.65. The zero-order valence-corrected chi connectivity index (χ0v) is 27.3. The number of benzene rings is 2. The zero-order valence-electron chi connectivity index (χ0n) is 25.6. The van der Waals surface area contributed by atoms with E-state index >= 15 is 0 Å². The van der Waals surface area contributed by atoms with Gasteiger partial charge in [0, 0.05) is 30.9 Å². The molecule has 0 spiro atoms. The van der Waals surface area contributed by atoms with Crippen molar-refractivity contribution in [3.8, 4) is 0 Å². The van der Waals surface area contributed by atoms with Crippen LogP contribution in [0.1, 0.15) is 86.6 Å². The van der Waals surface area contributed by atoms with Crippen molar-refractivity contribution in [3.05, 3.63) is 71.0 Å². The van der Waals surface area contributed by atoms with Crippen molar-refractivity contribution in [1.29, 1.82) is 0 Å². The van der Waals surface area contributed by atoms with Crippen LogP contribution in [0.4, 0.5) is 5.13 Å². The van der Waals surface area contributed by atoms with Crippen LogP contribution < -0.4 is 4.90 Å². The van der Waals surface area contributed by atoms with Crippen LogP contribution in [0, 0.1) is 13.8 Å². The van der Waals surface area contributed by atoms with Crippen molar-refractivity contribution in [2.45, 2.75) is 84.6 Å². The van der Waals surface area contributed by atoms with Crippen molar-refractivity contribution in [1.82, 2.24) is 19.1 Å². The summed E-state index contributed by atoms with van der Waals surface area (Å²) >= 11 is 1.49. The number of fused-ring (bicyclic) bond motifs is 1. The monoisotopic (exact) mass is 609 g/mol. The van der Waals surface area contributed by atoms with Gasteiger partial charge in [-0.25, -0.2) is 13.4 Å². The first-order valence-corrected chi connectivity index (χ1v) is 17.1. The summed E-state index contributed by atoms with van der Waals surface area (Å²) in [6.45, 7) is 14.2. The maximum atomic E-state index is 14.0. The minimum atomic E-state index is -3.65. The molecular formula is C32H43N5O3S2. The van der Waals surface area contributed by atoms with E-state index in [1.54, 1.807) is 33.5 Å². The van der Waals surface area contributed by atoms with E-state index in [1.165, 1.54) is 11.3 Å². The van der Waals surface area contributed by atoms with Gasteiger partial charge in [0.15, 0.2) is 5.13 Å². The number of hydrogen-bond acceptors (Lipinski definition) is 6. The van der Waals surface area contributed by atoms with Crippen LogP contribution in [-0.2, 0) is 16.6 Å². The zero-order chi connectivity index (χ0) is 30.4. The normalized spacial score (nSPS) is 12.1. The van der Waals surface area contributed by atoms with Crippen LogP contribution in [0.5, 0.6) is 0 Å². The third-order valence-corrected chi connectivity index (χ3v) is 10.4. The molecule has 0 saturated heterocycles. The fraction of sp³-hybridized carbons (Fsp3) is 0.469. The highest BCUT2D eigenvalue weighted by molar-refractivity contribution is 7.89. The molecule has 0 bridgehead atoms. The number of rotatable bonds is 14. The number of sulfonamides is 1. The van der Waals surface area contributed by atoms with Gasteiger partial charge >= 0.3 is 0 Å². The second-order valence-corrected chi connectivity index (χ2v) is 14.0.